The lowest BCUT2D eigenvalue weighted by Gasteiger charge is -2.31. The smallest absolute Gasteiger partial charge is 0.306 e. The molecule has 0 heterocycles. The van der Waals surface area contributed by atoms with Crippen LogP contribution in [-0.4, -0.2) is 53.5 Å². The lowest BCUT2D eigenvalue weighted by molar-refractivity contribution is -0.162. The van der Waals surface area contributed by atoms with Gasteiger partial charge < -0.3 is 14.2 Å². The van der Waals surface area contributed by atoms with Crippen molar-refractivity contribution in [2.45, 2.75) is 88.4 Å². The molecule has 0 aliphatic carbocycles. The highest BCUT2D eigenvalue weighted by molar-refractivity contribution is 7.81. The Hall–Kier alpha value is -0.540. The number of ether oxygens (including phenoxy) is 3. The van der Waals surface area contributed by atoms with E-state index in [0.29, 0.717) is 6.42 Å². The molecule has 9 heteroatoms. The first-order valence-corrected chi connectivity index (χ1v) is 12.2. The van der Waals surface area contributed by atoms with Gasteiger partial charge in [-0.3, -0.25) is 14.4 Å². The summed E-state index contributed by atoms with van der Waals surface area (Å²) in [4.78, 5) is 36.3. The second-order valence-corrected chi connectivity index (χ2v) is 9.83. The second kappa shape index (κ2) is 16.1. The summed E-state index contributed by atoms with van der Waals surface area (Å²) in [5.74, 6) is -1.14. The van der Waals surface area contributed by atoms with E-state index in [-0.39, 0.29) is 72.7 Å². The molecule has 0 saturated heterocycles. The van der Waals surface area contributed by atoms with Crippen molar-refractivity contribution in [1.29, 1.82) is 0 Å². The van der Waals surface area contributed by atoms with E-state index in [2.05, 4.69) is 37.9 Å². The molecule has 30 heavy (non-hydrogen) atoms. The third kappa shape index (κ3) is 13.0. The van der Waals surface area contributed by atoms with Crippen LogP contribution in [0.5, 0.6) is 0 Å². The zero-order chi connectivity index (χ0) is 23.2. The van der Waals surface area contributed by atoms with Crippen molar-refractivity contribution in [3.05, 3.63) is 0 Å². The van der Waals surface area contributed by atoms with Gasteiger partial charge in [-0.25, -0.2) is 0 Å². The van der Waals surface area contributed by atoms with E-state index in [4.69, 9.17) is 14.2 Å². The van der Waals surface area contributed by atoms with Gasteiger partial charge in [0.1, 0.15) is 19.8 Å². The Bertz CT molecular complexity index is 460. The lowest BCUT2D eigenvalue weighted by Crippen LogP contribution is -2.39. The van der Waals surface area contributed by atoms with Gasteiger partial charge in [-0.2, -0.15) is 37.9 Å². The minimum absolute atomic E-state index is 0.0106. The molecule has 0 fully saturated rings. The molecule has 0 radical (unpaired) electrons. The normalized spacial score (nSPS) is 16.1. The molecule has 0 aliphatic rings. The SMILES string of the molecule is CCC(S)CC(=O)OCC(CC)(COC(=O)CC(S)CC)COC(=O)CC(S)CC. The Morgan fingerprint density at radius 2 is 0.900 bits per heavy atom. The second-order valence-electron chi connectivity index (χ2n) is 7.63. The van der Waals surface area contributed by atoms with Crippen LogP contribution >= 0.6 is 37.9 Å². The van der Waals surface area contributed by atoms with Crippen LogP contribution in [-0.2, 0) is 28.6 Å². The number of esters is 3. The maximum absolute atomic E-state index is 12.1. The van der Waals surface area contributed by atoms with Crippen LogP contribution in [0, 0.1) is 5.41 Å². The molecule has 0 aliphatic heterocycles. The third-order valence-corrected chi connectivity index (χ3v) is 6.63. The maximum atomic E-state index is 12.1. The Morgan fingerprint density at radius 1 is 0.633 bits per heavy atom. The number of carbonyl (C=O) groups is 3. The van der Waals surface area contributed by atoms with Gasteiger partial charge in [0.2, 0.25) is 0 Å². The van der Waals surface area contributed by atoms with Crippen molar-refractivity contribution in [1.82, 2.24) is 0 Å². The first-order chi connectivity index (χ1) is 14.1. The fourth-order valence-corrected chi connectivity index (χ4v) is 2.77. The summed E-state index contributed by atoms with van der Waals surface area (Å²) in [6.45, 7) is 7.67. The fraction of sp³-hybridized carbons (Fsp3) is 0.857. The van der Waals surface area contributed by atoms with Gasteiger partial charge in [0.25, 0.3) is 0 Å². The fourth-order valence-electron chi connectivity index (χ4n) is 2.32. The van der Waals surface area contributed by atoms with Crippen LogP contribution in [0.15, 0.2) is 0 Å². The molecule has 0 saturated carbocycles. The average Bonchev–Trinajstić information content (AvgIpc) is 2.73. The molecule has 176 valence electrons. The molecule has 0 bridgehead atoms. The summed E-state index contributed by atoms with van der Waals surface area (Å²) < 4.78 is 16.3. The van der Waals surface area contributed by atoms with E-state index in [1.165, 1.54) is 0 Å². The van der Waals surface area contributed by atoms with Crippen molar-refractivity contribution in [3.63, 3.8) is 0 Å². The number of thiol groups is 3. The highest BCUT2D eigenvalue weighted by Gasteiger charge is 2.34. The molecule has 0 spiro atoms. The minimum atomic E-state index is -0.810. The molecular weight excluding hydrogens is 444 g/mol. The summed E-state index contributed by atoms with van der Waals surface area (Å²) in [5.41, 5.74) is -0.810. The van der Waals surface area contributed by atoms with Gasteiger partial charge in [-0.05, 0) is 25.7 Å². The highest BCUT2D eigenvalue weighted by atomic mass is 32.1. The highest BCUT2D eigenvalue weighted by Crippen LogP contribution is 2.26. The van der Waals surface area contributed by atoms with Gasteiger partial charge in [0.15, 0.2) is 0 Å². The van der Waals surface area contributed by atoms with Gasteiger partial charge >= 0.3 is 17.9 Å². The van der Waals surface area contributed by atoms with E-state index in [0.717, 1.165) is 19.3 Å². The van der Waals surface area contributed by atoms with E-state index >= 15 is 0 Å². The zero-order valence-corrected chi connectivity index (χ0v) is 21.3. The molecule has 0 aromatic carbocycles. The van der Waals surface area contributed by atoms with Crippen LogP contribution in [0.3, 0.4) is 0 Å². The van der Waals surface area contributed by atoms with Crippen LogP contribution in [0.4, 0.5) is 0 Å². The topological polar surface area (TPSA) is 78.9 Å². The zero-order valence-electron chi connectivity index (χ0n) is 18.6. The van der Waals surface area contributed by atoms with Crippen molar-refractivity contribution in [2.24, 2.45) is 5.41 Å². The molecule has 0 rings (SSSR count). The molecule has 0 aromatic heterocycles. The van der Waals surface area contributed by atoms with Gasteiger partial charge in [-0.1, -0.05) is 27.7 Å². The summed E-state index contributed by atoms with van der Waals surface area (Å²) in [6, 6.07) is 0. The largest absolute Gasteiger partial charge is 0.465 e. The number of carbonyl (C=O) groups excluding carboxylic acids is 3. The molecule has 0 aromatic rings. The van der Waals surface area contributed by atoms with Crippen LogP contribution in [0.2, 0.25) is 0 Å². The van der Waals surface area contributed by atoms with E-state index < -0.39 is 5.41 Å². The Kier molecular flexibility index (Phi) is 15.9. The average molecular weight is 483 g/mol. The monoisotopic (exact) mass is 482 g/mol. The minimum Gasteiger partial charge on any atom is -0.465 e. The molecule has 0 amide bonds. The Balaban J connectivity index is 5.06. The van der Waals surface area contributed by atoms with Gasteiger partial charge in [0, 0.05) is 15.7 Å². The molecular formula is C21H38O6S3. The van der Waals surface area contributed by atoms with Crippen molar-refractivity contribution >= 4 is 55.8 Å². The van der Waals surface area contributed by atoms with Crippen LogP contribution < -0.4 is 0 Å². The van der Waals surface area contributed by atoms with E-state index in [1.54, 1.807) is 0 Å². The summed E-state index contributed by atoms with van der Waals surface area (Å²) >= 11 is 13.0. The lowest BCUT2D eigenvalue weighted by atomic mass is 9.88. The molecule has 6 nitrogen and oxygen atoms in total. The quantitative estimate of drug-likeness (QED) is 0.173. The first kappa shape index (κ1) is 29.5. The number of hydrogen-bond donors (Lipinski definition) is 3. The summed E-state index contributed by atoms with van der Waals surface area (Å²) in [7, 11) is 0. The van der Waals surface area contributed by atoms with Crippen LogP contribution in [0.25, 0.3) is 0 Å². The number of hydrogen-bond acceptors (Lipinski definition) is 9. The van der Waals surface area contributed by atoms with Gasteiger partial charge in [0.05, 0.1) is 24.7 Å². The predicted molar refractivity (Wildman–Crippen MR) is 129 cm³/mol. The predicted octanol–water partition coefficient (Wildman–Crippen LogP) is 4.31. The van der Waals surface area contributed by atoms with Crippen molar-refractivity contribution in [3.8, 4) is 0 Å². The molecule has 3 atom stereocenters. The summed E-state index contributed by atoms with van der Waals surface area (Å²) in [6.07, 6.45) is 3.30. The first-order valence-electron chi connectivity index (χ1n) is 10.6. The molecule has 0 N–H and O–H groups in total. The number of rotatable bonds is 16. The standard InChI is InChI=1S/C21H38O6S3/c1-5-15(28)9-18(22)25-12-21(8-4,13-26-19(23)10-16(29)6-2)14-27-20(24)11-17(30)7-3/h15-17,28-30H,5-14H2,1-4H3. The summed E-state index contributed by atoms with van der Waals surface area (Å²) in [5, 5.41) is -0.231. The van der Waals surface area contributed by atoms with E-state index in [9.17, 15) is 14.4 Å². The van der Waals surface area contributed by atoms with Crippen molar-refractivity contribution in [2.75, 3.05) is 19.8 Å². The Labute approximate surface area is 197 Å². The van der Waals surface area contributed by atoms with Crippen LogP contribution in [0.1, 0.15) is 72.6 Å². The van der Waals surface area contributed by atoms with Gasteiger partial charge in [-0.15, -0.1) is 0 Å². The Morgan fingerprint density at radius 3 is 1.10 bits per heavy atom. The maximum Gasteiger partial charge on any atom is 0.306 e. The molecule has 3 unspecified atom stereocenters. The van der Waals surface area contributed by atoms with Crippen molar-refractivity contribution < 1.29 is 28.6 Å². The van der Waals surface area contributed by atoms with E-state index in [1.807, 2.05) is 27.7 Å². The third-order valence-electron chi connectivity index (χ3n) is 4.99.